The second-order valence-electron chi connectivity index (χ2n) is 7.28. The van der Waals surface area contributed by atoms with Crippen molar-refractivity contribution in [1.29, 1.82) is 0 Å². The molecule has 4 rings (SSSR count). The molecule has 1 fully saturated rings. The summed E-state index contributed by atoms with van der Waals surface area (Å²) in [6.07, 6.45) is 1.77. The zero-order valence-corrected chi connectivity index (χ0v) is 17.6. The van der Waals surface area contributed by atoms with Crippen LogP contribution in [0.1, 0.15) is 6.42 Å². The van der Waals surface area contributed by atoms with Crippen molar-refractivity contribution in [3.8, 4) is 11.5 Å². The summed E-state index contributed by atoms with van der Waals surface area (Å²) in [7, 11) is 1.63. The van der Waals surface area contributed by atoms with Crippen molar-refractivity contribution >= 4 is 29.1 Å². The third kappa shape index (κ3) is 4.36. The van der Waals surface area contributed by atoms with Gasteiger partial charge >= 0.3 is 5.69 Å². The zero-order chi connectivity index (χ0) is 22.0. The van der Waals surface area contributed by atoms with Crippen LogP contribution in [0, 0.1) is 5.92 Å². The minimum atomic E-state index is -0.451. The number of benzene rings is 1. The first-order valence-corrected chi connectivity index (χ1v) is 10.2. The molecule has 160 valence electrons. The van der Waals surface area contributed by atoms with Crippen LogP contribution in [-0.2, 0) is 23.2 Å². The number of halogens is 1. The smallest absolute Gasteiger partial charge is 0.346 e. The summed E-state index contributed by atoms with van der Waals surface area (Å²) >= 11 is 5.90. The van der Waals surface area contributed by atoms with Crippen molar-refractivity contribution in [3.63, 3.8) is 0 Å². The summed E-state index contributed by atoms with van der Waals surface area (Å²) in [4.78, 5) is 43.1. The lowest BCUT2D eigenvalue weighted by Gasteiger charge is -2.16. The van der Waals surface area contributed by atoms with Crippen molar-refractivity contribution in [2.45, 2.75) is 13.0 Å². The molecule has 3 heterocycles. The number of hydrogen-bond donors (Lipinski definition) is 1. The van der Waals surface area contributed by atoms with Crippen LogP contribution in [0.3, 0.4) is 0 Å². The van der Waals surface area contributed by atoms with Gasteiger partial charge in [-0.3, -0.25) is 19.1 Å². The van der Waals surface area contributed by atoms with Gasteiger partial charge in [0.05, 0.1) is 12.5 Å². The van der Waals surface area contributed by atoms with Crippen molar-refractivity contribution in [2.75, 3.05) is 18.0 Å². The molecule has 1 saturated heterocycles. The highest BCUT2D eigenvalue weighted by atomic mass is 35.5. The summed E-state index contributed by atoms with van der Waals surface area (Å²) in [5.74, 6) is -0.327. The third-order valence-corrected chi connectivity index (χ3v) is 5.44. The van der Waals surface area contributed by atoms with Gasteiger partial charge in [-0.2, -0.15) is 0 Å². The Morgan fingerprint density at radius 3 is 2.68 bits per heavy atom. The molecular formula is C21H21ClN6O3. The van der Waals surface area contributed by atoms with Crippen LogP contribution < -0.4 is 15.9 Å². The Labute approximate surface area is 183 Å². The lowest BCUT2D eigenvalue weighted by molar-refractivity contribution is -0.126. The summed E-state index contributed by atoms with van der Waals surface area (Å²) in [6.45, 7) is 0.746. The molecule has 1 atom stereocenters. The maximum Gasteiger partial charge on any atom is 0.346 e. The van der Waals surface area contributed by atoms with E-state index in [1.54, 1.807) is 54.5 Å². The zero-order valence-electron chi connectivity index (χ0n) is 16.9. The van der Waals surface area contributed by atoms with Gasteiger partial charge in [0.25, 0.3) is 0 Å². The molecule has 1 aliphatic heterocycles. The van der Waals surface area contributed by atoms with Crippen LogP contribution in [0.15, 0.2) is 53.5 Å². The highest BCUT2D eigenvalue weighted by molar-refractivity contribution is 6.30. The molecule has 1 aromatic carbocycles. The molecule has 0 bridgehead atoms. The first-order valence-electron chi connectivity index (χ1n) is 9.83. The summed E-state index contributed by atoms with van der Waals surface area (Å²) < 4.78 is 2.72. The van der Waals surface area contributed by atoms with Crippen LogP contribution >= 0.6 is 11.6 Å². The number of hydrogen-bond acceptors (Lipinski definition) is 5. The molecule has 1 aliphatic rings. The molecule has 31 heavy (non-hydrogen) atoms. The summed E-state index contributed by atoms with van der Waals surface area (Å²) in [5.41, 5.74) is 1.02. The molecule has 0 radical (unpaired) electrons. The minimum absolute atomic E-state index is 0.108. The van der Waals surface area contributed by atoms with Gasteiger partial charge in [-0.25, -0.2) is 9.48 Å². The lowest BCUT2D eigenvalue weighted by Crippen LogP contribution is -2.36. The van der Waals surface area contributed by atoms with Gasteiger partial charge in [-0.05, 0) is 36.4 Å². The van der Waals surface area contributed by atoms with Gasteiger partial charge in [-0.15, -0.1) is 5.10 Å². The summed E-state index contributed by atoms with van der Waals surface area (Å²) in [6, 6.07) is 12.3. The molecule has 9 nitrogen and oxygen atoms in total. The van der Waals surface area contributed by atoms with Crippen LogP contribution in [0.25, 0.3) is 11.5 Å². The van der Waals surface area contributed by atoms with Crippen molar-refractivity contribution in [1.82, 2.24) is 24.6 Å². The lowest BCUT2D eigenvalue weighted by atomic mass is 10.1. The first-order chi connectivity index (χ1) is 14.9. The molecule has 10 heteroatoms. The van der Waals surface area contributed by atoms with Gasteiger partial charge in [0.2, 0.25) is 11.8 Å². The number of rotatable bonds is 6. The van der Waals surface area contributed by atoms with Gasteiger partial charge in [-0.1, -0.05) is 17.7 Å². The molecule has 2 amide bonds. The Kier molecular flexibility index (Phi) is 5.85. The van der Waals surface area contributed by atoms with E-state index in [1.807, 2.05) is 6.07 Å². The summed E-state index contributed by atoms with van der Waals surface area (Å²) in [5, 5.41) is 7.72. The number of carbonyl (C=O) groups is 2. The van der Waals surface area contributed by atoms with Gasteiger partial charge in [0.15, 0.2) is 5.82 Å². The minimum Gasteiger partial charge on any atom is -0.354 e. The Bertz CT molecular complexity index is 1160. The topological polar surface area (TPSA) is 102 Å². The monoisotopic (exact) mass is 440 g/mol. The van der Waals surface area contributed by atoms with E-state index in [0.717, 1.165) is 0 Å². The van der Waals surface area contributed by atoms with E-state index in [-0.39, 0.29) is 37.0 Å². The largest absolute Gasteiger partial charge is 0.354 e. The molecule has 0 saturated carbocycles. The third-order valence-electron chi connectivity index (χ3n) is 5.19. The van der Waals surface area contributed by atoms with Crippen LogP contribution in [0.5, 0.6) is 0 Å². The average Bonchev–Trinajstić information content (AvgIpc) is 3.30. The fourth-order valence-corrected chi connectivity index (χ4v) is 3.66. The molecule has 3 aromatic rings. The Morgan fingerprint density at radius 2 is 1.97 bits per heavy atom. The van der Waals surface area contributed by atoms with Crippen LogP contribution in [0.2, 0.25) is 5.02 Å². The van der Waals surface area contributed by atoms with E-state index in [2.05, 4.69) is 15.4 Å². The van der Waals surface area contributed by atoms with Gasteiger partial charge < -0.3 is 10.2 Å². The number of pyridine rings is 1. The molecular weight excluding hydrogens is 420 g/mol. The van der Waals surface area contributed by atoms with E-state index in [0.29, 0.717) is 28.8 Å². The quantitative estimate of drug-likeness (QED) is 0.625. The van der Waals surface area contributed by atoms with E-state index in [9.17, 15) is 14.4 Å². The number of aromatic nitrogens is 4. The van der Waals surface area contributed by atoms with Crippen LogP contribution in [-0.4, -0.2) is 44.2 Å². The van der Waals surface area contributed by atoms with Crippen molar-refractivity contribution in [2.24, 2.45) is 13.0 Å². The highest BCUT2D eigenvalue weighted by Gasteiger charge is 2.35. The highest BCUT2D eigenvalue weighted by Crippen LogP contribution is 2.26. The van der Waals surface area contributed by atoms with Crippen LogP contribution in [0.4, 0.5) is 5.69 Å². The number of nitrogens with one attached hydrogen (secondary N) is 1. The normalized spacial score (nSPS) is 16.0. The number of amides is 2. The standard InChI is InChI=1S/C21H21ClN6O3/c1-26-19(17-4-2-3-9-23-17)25-28(21(26)31)11-10-24-20(30)14-12-18(29)27(13-14)16-7-5-15(22)6-8-16/h2-9,14H,10-13H2,1H3,(H,24,30). The molecule has 2 aromatic heterocycles. The fraction of sp³-hybridized carbons (Fsp3) is 0.286. The molecule has 0 spiro atoms. The maximum atomic E-state index is 12.6. The molecule has 1 unspecified atom stereocenters. The maximum absolute atomic E-state index is 12.6. The first kappa shape index (κ1) is 20.8. The molecule has 1 N–H and O–H groups in total. The Balaban J connectivity index is 1.35. The second kappa shape index (κ2) is 8.73. The Hall–Kier alpha value is -3.46. The predicted molar refractivity (Wildman–Crippen MR) is 116 cm³/mol. The second-order valence-corrected chi connectivity index (χ2v) is 7.71. The van der Waals surface area contributed by atoms with Crippen molar-refractivity contribution < 1.29 is 9.59 Å². The Morgan fingerprint density at radius 1 is 1.19 bits per heavy atom. The SMILES string of the molecule is Cn1c(-c2ccccn2)nn(CCNC(=O)C2CC(=O)N(c3ccc(Cl)cc3)C2)c1=O. The average molecular weight is 441 g/mol. The van der Waals surface area contributed by atoms with E-state index in [4.69, 9.17) is 11.6 Å². The predicted octanol–water partition coefficient (Wildman–Crippen LogP) is 1.47. The number of carbonyl (C=O) groups excluding carboxylic acids is 2. The number of anilines is 1. The van der Waals surface area contributed by atoms with E-state index < -0.39 is 5.92 Å². The van der Waals surface area contributed by atoms with Crippen molar-refractivity contribution in [3.05, 3.63) is 64.2 Å². The number of nitrogens with zero attached hydrogens (tertiary/aromatic N) is 5. The van der Waals surface area contributed by atoms with Gasteiger partial charge in [0.1, 0.15) is 5.69 Å². The van der Waals surface area contributed by atoms with Gasteiger partial charge in [0, 0.05) is 43.5 Å². The van der Waals surface area contributed by atoms with E-state index in [1.165, 1.54) is 9.25 Å². The van der Waals surface area contributed by atoms with E-state index >= 15 is 0 Å². The fourth-order valence-electron chi connectivity index (χ4n) is 3.53. The molecule has 0 aliphatic carbocycles.